The predicted octanol–water partition coefficient (Wildman–Crippen LogP) is 3.59. The van der Waals surface area contributed by atoms with Crippen LogP contribution in [0.5, 0.6) is 0 Å². The molecule has 7 nitrogen and oxygen atoms in total. The quantitative estimate of drug-likeness (QED) is 0.657. The number of pyridine rings is 2. The first-order valence-corrected chi connectivity index (χ1v) is 11.1. The first-order chi connectivity index (χ1) is 14.2. The fourth-order valence-electron chi connectivity index (χ4n) is 3.25. The van der Waals surface area contributed by atoms with Gasteiger partial charge in [0, 0.05) is 41.4 Å². The van der Waals surface area contributed by atoms with Crippen molar-refractivity contribution in [2.45, 2.75) is 11.3 Å². The summed E-state index contributed by atoms with van der Waals surface area (Å²) in [6.07, 6.45) is 5.43. The van der Waals surface area contributed by atoms with Gasteiger partial charge in [-0.2, -0.15) is 5.26 Å². The maximum atomic E-state index is 15.0. The Labute approximate surface area is 176 Å². The smallest absolute Gasteiger partial charge is 0.230 e. The van der Waals surface area contributed by atoms with Crippen molar-refractivity contribution in [3.8, 4) is 17.2 Å². The van der Waals surface area contributed by atoms with Crippen LogP contribution < -0.4 is 5.32 Å². The van der Waals surface area contributed by atoms with Crippen molar-refractivity contribution < 1.29 is 17.6 Å². The molecular weight excluding hydrogens is 431 g/mol. The molecule has 4 rings (SSSR count). The molecule has 10 heteroatoms. The molecule has 30 heavy (non-hydrogen) atoms. The summed E-state index contributed by atoms with van der Waals surface area (Å²) >= 11 is 6.20. The molecule has 0 radical (unpaired) electrons. The maximum Gasteiger partial charge on any atom is 0.230 e. The van der Waals surface area contributed by atoms with Crippen molar-refractivity contribution in [2.75, 3.05) is 11.6 Å². The first-order valence-electron chi connectivity index (χ1n) is 8.83. The van der Waals surface area contributed by atoms with E-state index < -0.39 is 15.7 Å². The number of halogens is 2. The van der Waals surface area contributed by atoms with Crippen molar-refractivity contribution in [1.82, 2.24) is 9.97 Å². The zero-order valence-corrected chi connectivity index (χ0v) is 17.1. The van der Waals surface area contributed by atoms with Crippen LogP contribution in [0.4, 0.5) is 10.2 Å². The van der Waals surface area contributed by atoms with Gasteiger partial charge in [-0.3, -0.25) is 9.78 Å². The number of carbonyl (C=O) groups is 1. The number of nitrogens with one attached hydrogen (secondary N) is 1. The third-order valence-electron chi connectivity index (χ3n) is 4.92. The minimum Gasteiger partial charge on any atom is -0.310 e. The van der Waals surface area contributed by atoms with Gasteiger partial charge in [-0.05, 0) is 30.0 Å². The highest BCUT2D eigenvalue weighted by Crippen LogP contribution is 2.39. The van der Waals surface area contributed by atoms with E-state index in [4.69, 9.17) is 16.9 Å². The van der Waals surface area contributed by atoms with Gasteiger partial charge in [0.1, 0.15) is 11.6 Å². The second kappa shape index (κ2) is 7.31. The lowest BCUT2D eigenvalue weighted by atomic mass is 10.0. The van der Waals surface area contributed by atoms with Gasteiger partial charge in [0.05, 0.1) is 27.8 Å². The van der Waals surface area contributed by atoms with Crippen molar-refractivity contribution in [3.05, 3.63) is 47.6 Å². The number of nitrogens with zero attached hydrogens (tertiary/aromatic N) is 3. The molecule has 1 aliphatic rings. The minimum atomic E-state index is -3.64. The van der Waals surface area contributed by atoms with Crippen LogP contribution in [0.15, 0.2) is 41.7 Å². The third-order valence-corrected chi connectivity index (χ3v) is 6.44. The highest BCUT2D eigenvalue weighted by atomic mass is 35.5. The Hall–Kier alpha value is -3.09. The summed E-state index contributed by atoms with van der Waals surface area (Å²) in [6.45, 7) is 0. The number of aromatic nitrogens is 2. The van der Waals surface area contributed by atoms with Crippen LogP contribution in [-0.2, 0) is 14.6 Å². The third kappa shape index (κ3) is 3.60. The molecule has 2 aromatic heterocycles. The van der Waals surface area contributed by atoms with E-state index in [1.54, 1.807) is 0 Å². The van der Waals surface area contributed by atoms with Crippen LogP contribution in [-0.4, -0.2) is 30.5 Å². The summed E-state index contributed by atoms with van der Waals surface area (Å²) < 4.78 is 39.2. The monoisotopic (exact) mass is 444 g/mol. The number of rotatable bonds is 4. The van der Waals surface area contributed by atoms with Gasteiger partial charge in [-0.1, -0.05) is 11.6 Å². The van der Waals surface area contributed by atoms with Gasteiger partial charge in [-0.15, -0.1) is 0 Å². The van der Waals surface area contributed by atoms with E-state index in [1.165, 1.54) is 36.8 Å². The lowest BCUT2D eigenvalue weighted by Crippen LogP contribution is -2.15. The van der Waals surface area contributed by atoms with Gasteiger partial charge in [0.2, 0.25) is 5.91 Å². The van der Waals surface area contributed by atoms with Gasteiger partial charge in [0.25, 0.3) is 0 Å². The van der Waals surface area contributed by atoms with Crippen LogP contribution in [0.2, 0.25) is 5.02 Å². The topological polar surface area (TPSA) is 113 Å². The summed E-state index contributed by atoms with van der Waals surface area (Å²) in [5.74, 6) is -1.55. The summed E-state index contributed by atoms with van der Waals surface area (Å²) in [5.41, 5.74) is 0.0507. The highest BCUT2D eigenvalue weighted by molar-refractivity contribution is 7.90. The van der Waals surface area contributed by atoms with Crippen molar-refractivity contribution in [1.29, 1.82) is 5.26 Å². The van der Waals surface area contributed by atoms with Crippen LogP contribution in [0.1, 0.15) is 6.42 Å². The highest BCUT2D eigenvalue weighted by Gasteiger charge is 2.43. The van der Waals surface area contributed by atoms with Crippen LogP contribution in [0.25, 0.3) is 21.9 Å². The van der Waals surface area contributed by atoms with Crippen molar-refractivity contribution >= 4 is 43.9 Å². The van der Waals surface area contributed by atoms with E-state index >= 15 is 4.39 Å². The molecule has 1 aromatic carbocycles. The molecule has 1 N–H and O–H groups in total. The fourth-order valence-corrected chi connectivity index (χ4v) is 4.38. The van der Waals surface area contributed by atoms with Crippen molar-refractivity contribution in [3.63, 3.8) is 0 Å². The Morgan fingerprint density at radius 1 is 1.33 bits per heavy atom. The number of fused-ring (bicyclic) bond motifs is 1. The minimum absolute atomic E-state index is 0.0313. The summed E-state index contributed by atoms with van der Waals surface area (Å²) in [5, 5.41) is 12.1. The molecule has 3 aromatic rings. The molecule has 0 unspecified atom stereocenters. The van der Waals surface area contributed by atoms with Crippen molar-refractivity contribution in [2.24, 2.45) is 11.8 Å². The molecule has 1 fully saturated rings. The van der Waals surface area contributed by atoms with Crippen LogP contribution in [0.3, 0.4) is 0 Å². The van der Waals surface area contributed by atoms with Crippen LogP contribution in [0, 0.1) is 29.0 Å². The molecule has 1 aliphatic carbocycles. The maximum absolute atomic E-state index is 15.0. The molecule has 0 saturated heterocycles. The number of nitriles is 1. The molecule has 1 amide bonds. The average molecular weight is 445 g/mol. The van der Waals surface area contributed by atoms with E-state index in [-0.39, 0.29) is 44.6 Å². The Kier molecular flexibility index (Phi) is 4.92. The number of hydrogen-bond acceptors (Lipinski definition) is 6. The number of anilines is 1. The molecule has 0 aliphatic heterocycles. The SMILES string of the molecule is CS(=O)(=O)c1ccncc1-c1cc2cc(NC(=O)[C@@H]3C[C@H]3C#N)ncc2c(Cl)c1F. The molecular formula is C20H14ClFN4O3S. The Balaban J connectivity index is 1.80. The van der Waals surface area contributed by atoms with Gasteiger partial charge >= 0.3 is 0 Å². The standard InChI is InChI=1S/C20H14ClFN4O3S/c1-30(28,29)16-2-3-24-8-15(16)13-4-10-6-17(25-9-14(10)18(21)19(13)22)26-20(27)12-5-11(12)7-23/h2-4,6,8-9,11-12H,5H2,1H3,(H,25,26,27)/t11-,12+/m0/s1. The Morgan fingerprint density at radius 3 is 2.77 bits per heavy atom. The van der Waals surface area contributed by atoms with Gasteiger partial charge in [0.15, 0.2) is 9.84 Å². The number of benzene rings is 1. The molecule has 1 saturated carbocycles. The molecule has 152 valence electrons. The second-order valence-electron chi connectivity index (χ2n) is 7.05. The van der Waals surface area contributed by atoms with E-state index in [9.17, 15) is 13.2 Å². The number of carbonyl (C=O) groups excluding carboxylic acids is 1. The molecule has 2 atom stereocenters. The average Bonchev–Trinajstić information content (AvgIpc) is 3.50. The fraction of sp³-hybridized carbons (Fsp3) is 0.200. The summed E-state index contributed by atoms with van der Waals surface area (Å²) in [6, 6.07) is 6.30. The first kappa shape index (κ1) is 20.2. The number of hydrogen-bond donors (Lipinski definition) is 1. The number of sulfone groups is 1. The van der Waals surface area contributed by atoms with E-state index in [0.29, 0.717) is 17.2 Å². The van der Waals surface area contributed by atoms with E-state index in [1.807, 2.05) is 6.07 Å². The zero-order chi connectivity index (χ0) is 21.6. The molecule has 2 heterocycles. The normalized spacial score (nSPS) is 18.1. The van der Waals surface area contributed by atoms with E-state index in [0.717, 1.165) is 6.26 Å². The Morgan fingerprint density at radius 2 is 2.10 bits per heavy atom. The van der Waals surface area contributed by atoms with E-state index in [2.05, 4.69) is 15.3 Å². The summed E-state index contributed by atoms with van der Waals surface area (Å²) in [4.78, 5) is 20.1. The lowest BCUT2D eigenvalue weighted by Gasteiger charge is -2.12. The largest absolute Gasteiger partial charge is 0.310 e. The lowest BCUT2D eigenvalue weighted by molar-refractivity contribution is -0.117. The number of amides is 1. The van der Waals surface area contributed by atoms with Gasteiger partial charge in [-0.25, -0.2) is 17.8 Å². The van der Waals surface area contributed by atoms with Gasteiger partial charge < -0.3 is 5.32 Å². The zero-order valence-electron chi connectivity index (χ0n) is 15.6. The second-order valence-corrected chi connectivity index (χ2v) is 9.42. The predicted molar refractivity (Wildman–Crippen MR) is 109 cm³/mol. The van der Waals surface area contributed by atoms with Crippen LogP contribution >= 0.6 is 11.6 Å². The Bertz CT molecular complexity index is 1350. The molecule has 0 bridgehead atoms. The summed E-state index contributed by atoms with van der Waals surface area (Å²) in [7, 11) is -3.64. The molecule has 0 spiro atoms.